The topological polar surface area (TPSA) is 191 Å². The number of carbonyl (C=O) groups is 3. The second kappa shape index (κ2) is 12.0. The van der Waals surface area contributed by atoms with Crippen LogP contribution in [0, 0.1) is 22.7 Å². The van der Waals surface area contributed by atoms with Crippen molar-refractivity contribution in [1.82, 2.24) is 19.9 Å². The Morgan fingerprint density at radius 1 is 1.29 bits per heavy atom. The van der Waals surface area contributed by atoms with Crippen LogP contribution in [0.25, 0.3) is 5.52 Å². The summed E-state index contributed by atoms with van der Waals surface area (Å²) in [5.41, 5.74) is 3.77. The van der Waals surface area contributed by atoms with Crippen molar-refractivity contribution in [2.75, 3.05) is 12.3 Å². The van der Waals surface area contributed by atoms with Crippen LogP contribution in [0.15, 0.2) is 18.5 Å². The fraction of sp³-hybridized carbons (Fsp3) is 0.643. The first-order valence-corrected chi connectivity index (χ1v) is 13.9. The zero-order valence-corrected chi connectivity index (χ0v) is 23.8. The quantitative estimate of drug-likeness (QED) is 0.392. The van der Waals surface area contributed by atoms with Crippen LogP contribution in [0.5, 0.6) is 0 Å². The van der Waals surface area contributed by atoms with Gasteiger partial charge >= 0.3 is 11.9 Å². The number of amides is 1. The number of nitrogens with zero attached hydrogens (tertiary/aromatic N) is 4. The summed E-state index contributed by atoms with van der Waals surface area (Å²) in [5.74, 6) is -1.35. The van der Waals surface area contributed by atoms with Gasteiger partial charge in [0.1, 0.15) is 42.8 Å². The Morgan fingerprint density at radius 3 is 2.63 bits per heavy atom. The molecular weight excluding hydrogens is 532 g/mol. The van der Waals surface area contributed by atoms with E-state index in [1.807, 2.05) is 6.07 Å². The molecule has 0 unspecified atom stereocenters. The lowest BCUT2D eigenvalue weighted by Gasteiger charge is -2.30. The first-order valence-electron chi connectivity index (χ1n) is 13.9. The molecule has 2 fully saturated rings. The summed E-state index contributed by atoms with van der Waals surface area (Å²) < 4.78 is 18.8. The van der Waals surface area contributed by atoms with Gasteiger partial charge in [-0.05, 0) is 36.3 Å². The Morgan fingerprint density at radius 2 is 2.00 bits per heavy atom. The molecule has 0 spiro atoms. The van der Waals surface area contributed by atoms with Gasteiger partial charge in [0.15, 0.2) is 11.9 Å². The summed E-state index contributed by atoms with van der Waals surface area (Å²) in [6.45, 7) is 6.16. The predicted octanol–water partition coefficient (Wildman–Crippen LogP) is 1.77. The molecule has 2 aliphatic rings. The first kappa shape index (κ1) is 30.2. The summed E-state index contributed by atoms with van der Waals surface area (Å²) in [7, 11) is 0. The van der Waals surface area contributed by atoms with E-state index in [1.165, 1.54) is 23.8 Å². The number of nitriles is 1. The van der Waals surface area contributed by atoms with Crippen molar-refractivity contribution in [3.63, 3.8) is 0 Å². The molecule has 1 amide bonds. The third-order valence-corrected chi connectivity index (χ3v) is 7.75. The Labute approximate surface area is 238 Å². The van der Waals surface area contributed by atoms with E-state index < -0.39 is 59.8 Å². The van der Waals surface area contributed by atoms with E-state index in [4.69, 9.17) is 19.9 Å². The molecule has 4 N–H and O–H groups in total. The van der Waals surface area contributed by atoms with Crippen LogP contribution < -0.4 is 11.1 Å². The number of nitrogens with two attached hydrogens (primary N) is 1. The SMILES string of the molecule is CC(=O)N[C@H](C(=O)OC[C@H]1O[C@@](C#N)(c2ccc3c(N)ncnn23)[C@H](O)[C@@H]1OC(=O)CC1CCCCC1)C(C)(C)C. The predicted molar refractivity (Wildman–Crippen MR) is 145 cm³/mol. The van der Waals surface area contributed by atoms with Crippen LogP contribution in [0.1, 0.15) is 71.9 Å². The maximum Gasteiger partial charge on any atom is 0.329 e. The van der Waals surface area contributed by atoms with Crippen molar-refractivity contribution in [1.29, 1.82) is 5.26 Å². The molecule has 4 rings (SSSR count). The van der Waals surface area contributed by atoms with E-state index in [2.05, 4.69) is 15.4 Å². The van der Waals surface area contributed by atoms with Crippen LogP contribution in [0.3, 0.4) is 0 Å². The fourth-order valence-electron chi connectivity index (χ4n) is 5.58. The normalized spacial score (nSPS) is 25.8. The molecular formula is C28H38N6O7. The number of aliphatic hydroxyl groups is 1. The maximum atomic E-state index is 13.1. The number of carbonyl (C=O) groups excluding carboxylic acids is 3. The average Bonchev–Trinajstić information content (AvgIpc) is 3.46. The van der Waals surface area contributed by atoms with Crippen molar-refractivity contribution >= 4 is 29.2 Å². The Hall–Kier alpha value is -3.76. The molecule has 5 atom stereocenters. The van der Waals surface area contributed by atoms with Crippen LogP contribution >= 0.6 is 0 Å². The molecule has 2 aromatic rings. The molecule has 222 valence electrons. The zero-order valence-electron chi connectivity index (χ0n) is 23.8. The molecule has 0 aromatic carbocycles. The van der Waals surface area contributed by atoms with Gasteiger partial charge in [-0.1, -0.05) is 40.0 Å². The van der Waals surface area contributed by atoms with E-state index in [-0.39, 0.29) is 23.9 Å². The lowest BCUT2D eigenvalue weighted by molar-refractivity contribution is -0.163. The van der Waals surface area contributed by atoms with Gasteiger partial charge in [0, 0.05) is 13.3 Å². The van der Waals surface area contributed by atoms with Gasteiger partial charge in [-0.15, -0.1) is 0 Å². The van der Waals surface area contributed by atoms with E-state index in [0.717, 1.165) is 32.1 Å². The van der Waals surface area contributed by atoms with Crippen LogP contribution in [-0.2, 0) is 34.2 Å². The third kappa shape index (κ3) is 6.28. The maximum absolute atomic E-state index is 13.1. The van der Waals surface area contributed by atoms with E-state index in [9.17, 15) is 24.8 Å². The highest BCUT2D eigenvalue weighted by atomic mass is 16.6. The Bertz CT molecular complexity index is 1330. The van der Waals surface area contributed by atoms with Crippen LogP contribution in [0.2, 0.25) is 0 Å². The minimum Gasteiger partial charge on any atom is -0.461 e. The monoisotopic (exact) mass is 570 g/mol. The number of aliphatic hydroxyl groups excluding tert-OH is 1. The van der Waals surface area contributed by atoms with E-state index >= 15 is 0 Å². The number of hydrogen-bond donors (Lipinski definition) is 3. The molecule has 0 radical (unpaired) electrons. The second-order valence-corrected chi connectivity index (χ2v) is 11.9. The summed E-state index contributed by atoms with van der Waals surface area (Å²) >= 11 is 0. The highest BCUT2D eigenvalue weighted by Crippen LogP contribution is 2.42. The number of nitrogen functional groups attached to an aromatic ring is 1. The molecule has 13 nitrogen and oxygen atoms in total. The lowest BCUT2D eigenvalue weighted by Crippen LogP contribution is -2.50. The highest BCUT2D eigenvalue weighted by molar-refractivity contribution is 5.84. The first-order chi connectivity index (χ1) is 19.4. The van der Waals surface area contributed by atoms with Crippen molar-refractivity contribution in [2.24, 2.45) is 11.3 Å². The number of hydrogen-bond acceptors (Lipinski definition) is 11. The molecule has 1 aliphatic heterocycles. The van der Waals surface area contributed by atoms with Crippen molar-refractivity contribution < 1.29 is 33.7 Å². The number of aromatic nitrogens is 3. The van der Waals surface area contributed by atoms with Gasteiger partial charge in [0.05, 0.1) is 5.69 Å². The third-order valence-electron chi connectivity index (χ3n) is 7.75. The van der Waals surface area contributed by atoms with Gasteiger partial charge in [-0.3, -0.25) is 9.59 Å². The number of nitrogens with one attached hydrogen (secondary N) is 1. The van der Waals surface area contributed by atoms with Gasteiger partial charge < -0.3 is 30.4 Å². The molecule has 1 saturated carbocycles. The van der Waals surface area contributed by atoms with Crippen LogP contribution in [-0.4, -0.2) is 68.5 Å². The van der Waals surface area contributed by atoms with Gasteiger partial charge in [0.2, 0.25) is 11.5 Å². The largest absolute Gasteiger partial charge is 0.461 e. The summed E-state index contributed by atoms with van der Waals surface area (Å²) in [6, 6.07) is 4.16. The standard InChI is InChI=1S/C28H38N6O7/c1-16(35)33-23(27(2,3)4)26(38)39-13-19-22(40-21(36)12-17-8-6-5-7-9-17)24(37)28(14-29,41-19)20-11-10-18-25(30)31-15-32-34(18)20/h10-11,15,17,19,22-24,37H,5-9,12-13H2,1-4H3,(H,33,35)(H2,30,31,32)/t19-,22-,23-,24-,28+/m1/s1. The number of anilines is 1. The molecule has 41 heavy (non-hydrogen) atoms. The summed E-state index contributed by atoms with van der Waals surface area (Å²) in [5, 5.41) is 28.7. The average molecular weight is 571 g/mol. The highest BCUT2D eigenvalue weighted by Gasteiger charge is 2.60. The van der Waals surface area contributed by atoms with Gasteiger partial charge in [0.25, 0.3) is 0 Å². The van der Waals surface area contributed by atoms with E-state index in [0.29, 0.717) is 5.52 Å². The van der Waals surface area contributed by atoms with Crippen LogP contribution in [0.4, 0.5) is 5.82 Å². The molecule has 13 heteroatoms. The van der Waals surface area contributed by atoms with Crippen molar-refractivity contribution in [2.45, 2.75) is 96.2 Å². The van der Waals surface area contributed by atoms with Crippen molar-refractivity contribution in [3.8, 4) is 6.07 Å². The number of esters is 2. The fourth-order valence-corrected chi connectivity index (χ4v) is 5.58. The number of fused-ring (bicyclic) bond motifs is 1. The number of rotatable bonds is 8. The summed E-state index contributed by atoms with van der Waals surface area (Å²) in [4.78, 5) is 41.8. The molecule has 0 bridgehead atoms. The zero-order chi connectivity index (χ0) is 29.9. The minimum absolute atomic E-state index is 0.143. The molecule has 2 aromatic heterocycles. The Balaban J connectivity index is 1.62. The summed E-state index contributed by atoms with van der Waals surface area (Å²) in [6.07, 6.45) is 2.21. The molecule has 1 saturated heterocycles. The molecule has 3 heterocycles. The number of ether oxygens (including phenoxy) is 3. The van der Waals surface area contributed by atoms with Gasteiger partial charge in [-0.25, -0.2) is 14.3 Å². The second-order valence-electron chi connectivity index (χ2n) is 11.9. The van der Waals surface area contributed by atoms with E-state index in [1.54, 1.807) is 26.8 Å². The Kier molecular flexibility index (Phi) is 8.84. The minimum atomic E-state index is -2.04. The lowest BCUT2D eigenvalue weighted by atomic mass is 9.86. The molecule has 1 aliphatic carbocycles. The van der Waals surface area contributed by atoms with Gasteiger partial charge in [-0.2, -0.15) is 10.4 Å². The smallest absolute Gasteiger partial charge is 0.329 e. The van der Waals surface area contributed by atoms with Crippen molar-refractivity contribution in [3.05, 3.63) is 24.2 Å².